The van der Waals surface area contributed by atoms with E-state index in [0.717, 1.165) is 25.1 Å². The Bertz CT molecular complexity index is 910. The lowest BCUT2D eigenvalue weighted by Crippen LogP contribution is -2.38. The van der Waals surface area contributed by atoms with Crippen LogP contribution in [0.4, 0.5) is 0 Å². The van der Waals surface area contributed by atoms with Crippen molar-refractivity contribution in [2.75, 3.05) is 14.2 Å². The maximum Gasteiger partial charge on any atom is 0.118 e. The summed E-state index contributed by atoms with van der Waals surface area (Å²) in [6.45, 7) is 5.70. The lowest BCUT2D eigenvalue weighted by atomic mass is 9.93. The second kappa shape index (κ2) is 6.81. The molecule has 0 aliphatic carbocycles. The number of nitrogens with zero attached hydrogens (tertiary/aromatic N) is 2. The van der Waals surface area contributed by atoms with Gasteiger partial charge in [0.15, 0.2) is 0 Å². The Morgan fingerprint density at radius 1 is 1.04 bits per heavy atom. The molecule has 0 fully saturated rings. The SMILES string of the molecule is COc1ccc(CCn2c3c(c4ccccc42)C(C)N(C)C(C)C3)cc1. The number of aromatic nitrogens is 1. The van der Waals surface area contributed by atoms with Crippen molar-refractivity contribution >= 4 is 10.9 Å². The van der Waals surface area contributed by atoms with E-state index in [0.29, 0.717) is 12.1 Å². The topological polar surface area (TPSA) is 17.4 Å². The summed E-state index contributed by atoms with van der Waals surface area (Å²) in [5.74, 6) is 0.920. The minimum Gasteiger partial charge on any atom is -0.497 e. The standard InChI is InChI=1S/C23H28N2O/c1-16-15-22-23(17(2)24(16)3)20-7-5-6-8-21(20)25(22)14-13-18-9-11-19(26-4)12-10-18/h5-12,16-17H,13-15H2,1-4H3. The van der Waals surface area contributed by atoms with E-state index < -0.39 is 0 Å². The van der Waals surface area contributed by atoms with Gasteiger partial charge in [-0.25, -0.2) is 0 Å². The average Bonchev–Trinajstić information content (AvgIpc) is 2.98. The van der Waals surface area contributed by atoms with Gasteiger partial charge in [-0.2, -0.15) is 0 Å². The fourth-order valence-corrected chi connectivity index (χ4v) is 4.37. The Balaban J connectivity index is 1.71. The first-order valence-corrected chi connectivity index (χ1v) is 9.55. The number of para-hydroxylation sites is 1. The predicted molar refractivity (Wildman–Crippen MR) is 108 cm³/mol. The predicted octanol–water partition coefficient (Wildman–Crippen LogP) is 4.83. The van der Waals surface area contributed by atoms with E-state index in [1.165, 1.54) is 27.7 Å². The highest BCUT2D eigenvalue weighted by Gasteiger charge is 2.31. The monoisotopic (exact) mass is 348 g/mol. The Kier molecular flexibility index (Phi) is 4.49. The van der Waals surface area contributed by atoms with Crippen LogP contribution >= 0.6 is 0 Å². The Morgan fingerprint density at radius 3 is 2.50 bits per heavy atom. The van der Waals surface area contributed by atoms with Gasteiger partial charge < -0.3 is 9.30 Å². The second-order valence-corrected chi connectivity index (χ2v) is 7.52. The van der Waals surface area contributed by atoms with Crippen molar-refractivity contribution in [3.05, 3.63) is 65.4 Å². The Hall–Kier alpha value is -2.26. The third-order valence-corrected chi connectivity index (χ3v) is 6.12. The molecule has 2 atom stereocenters. The molecule has 2 unspecified atom stereocenters. The molecule has 1 aliphatic rings. The van der Waals surface area contributed by atoms with E-state index >= 15 is 0 Å². The molecule has 3 heteroatoms. The number of benzene rings is 2. The van der Waals surface area contributed by atoms with Crippen LogP contribution in [0.2, 0.25) is 0 Å². The Morgan fingerprint density at radius 2 is 1.77 bits per heavy atom. The molecular formula is C23H28N2O. The third kappa shape index (κ3) is 2.80. The fraction of sp³-hybridized carbons (Fsp3) is 0.391. The summed E-state index contributed by atoms with van der Waals surface area (Å²) in [4.78, 5) is 2.50. The van der Waals surface area contributed by atoms with Crippen molar-refractivity contribution in [2.45, 2.75) is 45.3 Å². The summed E-state index contributed by atoms with van der Waals surface area (Å²) in [6.07, 6.45) is 2.15. The van der Waals surface area contributed by atoms with Crippen LogP contribution in [0.5, 0.6) is 5.75 Å². The van der Waals surface area contributed by atoms with Crippen molar-refractivity contribution in [1.29, 1.82) is 0 Å². The highest BCUT2D eigenvalue weighted by Crippen LogP contribution is 2.39. The normalized spacial score (nSPS) is 20.3. The molecule has 26 heavy (non-hydrogen) atoms. The first-order chi connectivity index (χ1) is 12.6. The van der Waals surface area contributed by atoms with Crippen LogP contribution < -0.4 is 4.74 Å². The van der Waals surface area contributed by atoms with Crippen LogP contribution in [-0.2, 0) is 19.4 Å². The number of hydrogen-bond donors (Lipinski definition) is 0. The van der Waals surface area contributed by atoms with Gasteiger partial charge in [-0.1, -0.05) is 30.3 Å². The molecule has 0 spiro atoms. The summed E-state index contributed by atoms with van der Waals surface area (Å²) in [7, 11) is 3.97. The van der Waals surface area contributed by atoms with Gasteiger partial charge in [0, 0.05) is 41.6 Å². The molecule has 1 aliphatic heterocycles. The van der Waals surface area contributed by atoms with Crippen molar-refractivity contribution < 1.29 is 4.74 Å². The van der Waals surface area contributed by atoms with Gasteiger partial charge in [-0.05, 0) is 56.6 Å². The lowest BCUT2D eigenvalue weighted by Gasteiger charge is -2.36. The minimum absolute atomic E-state index is 0.459. The first kappa shape index (κ1) is 17.2. The number of fused-ring (bicyclic) bond motifs is 3. The van der Waals surface area contributed by atoms with Crippen molar-refractivity contribution in [3.8, 4) is 5.75 Å². The van der Waals surface area contributed by atoms with Crippen molar-refractivity contribution in [2.24, 2.45) is 0 Å². The van der Waals surface area contributed by atoms with E-state index in [4.69, 9.17) is 4.74 Å². The largest absolute Gasteiger partial charge is 0.497 e. The first-order valence-electron chi connectivity index (χ1n) is 9.55. The molecule has 136 valence electrons. The lowest BCUT2D eigenvalue weighted by molar-refractivity contribution is 0.177. The highest BCUT2D eigenvalue weighted by atomic mass is 16.5. The van der Waals surface area contributed by atoms with Crippen LogP contribution in [0, 0.1) is 0 Å². The number of ether oxygens (including phenoxy) is 1. The van der Waals surface area contributed by atoms with Gasteiger partial charge in [0.1, 0.15) is 5.75 Å². The van der Waals surface area contributed by atoms with Gasteiger partial charge >= 0.3 is 0 Å². The molecule has 0 saturated carbocycles. The summed E-state index contributed by atoms with van der Waals surface area (Å²) in [5, 5.41) is 1.42. The average molecular weight is 348 g/mol. The van der Waals surface area contributed by atoms with Crippen LogP contribution in [0.1, 0.15) is 36.7 Å². The zero-order chi connectivity index (χ0) is 18.3. The molecule has 2 heterocycles. The zero-order valence-corrected chi connectivity index (χ0v) is 16.2. The van der Waals surface area contributed by atoms with Crippen LogP contribution in [-0.4, -0.2) is 29.7 Å². The number of aryl methyl sites for hydroxylation is 2. The molecule has 0 radical (unpaired) electrons. The maximum absolute atomic E-state index is 5.28. The van der Waals surface area contributed by atoms with Gasteiger partial charge in [0.2, 0.25) is 0 Å². The van der Waals surface area contributed by atoms with E-state index in [1.54, 1.807) is 7.11 Å². The van der Waals surface area contributed by atoms with Gasteiger partial charge in [0.05, 0.1) is 7.11 Å². The highest BCUT2D eigenvalue weighted by molar-refractivity contribution is 5.86. The minimum atomic E-state index is 0.459. The van der Waals surface area contributed by atoms with Crippen LogP contribution in [0.25, 0.3) is 10.9 Å². The third-order valence-electron chi connectivity index (χ3n) is 6.12. The van der Waals surface area contributed by atoms with E-state index in [-0.39, 0.29) is 0 Å². The van der Waals surface area contributed by atoms with Crippen molar-refractivity contribution in [1.82, 2.24) is 9.47 Å². The quantitative estimate of drug-likeness (QED) is 0.672. The number of hydrogen-bond acceptors (Lipinski definition) is 2. The molecule has 0 N–H and O–H groups in total. The molecular weight excluding hydrogens is 320 g/mol. The fourth-order valence-electron chi connectivity index (χ4n) is 4.37. The van der Waals surface area contributed by atoms with Crippen molar-refractivity contribution in [3.63, 3.8) is 0 Å². The maximum atomic E-state index is 5.28. The van der Waals surface area contributed by atoms with Crippen LogP contribution in [0.15, 0.2) is 48.5 Å². The molecule has 2 aromatic carbocycles. The summed E-state index contributed by atoms with van der Waals surface area (Å²) >= 11 is 0. The van der Waals surface area contributed by atoms with E-state index in [2.05, 4.69) is 78.9 Å². The zero-order valence-electron chi connectivity index (χ0n) is 16.2. The molecule has 1 aromatic heterocycles. The summed E-state index contributed by atoms with van der Waals surface area (Å²) in [6, 6.07) is 18.4. The smallest absolute Gasteiger partial charge is 0.118 e. The molecule has 0 amide bonds. The van der Waals surface area contributed by atoms with Gasteiger partial charge in [-0.15, -0.1) is 0 Å². The summed E-state index contributed by atoms with van der Waals surface area (Å²) in [5.41, 5.74) is 5.78. The second-order valence-electron chi connectivity index (χ2n) is 7.52. The number of likely N-dealkylation sites (N-methyl/N-ethyl adjacent to an activating group) is 1. The molecule has 0 saturated heterocycles. The molecule has 3 nitrogen and oxygen atoms in total. The van der Waals surface area contributed by atoms with Gasteiger partial charge in [-0.3, -0.25) is 4.90 Å². The summed E-state index contributed by atoms with van der Waals surface area (Å²) < 4.78 is 7.84. The number of methoxy groups -OCH3 is 1. The molecule has 3 aromatic rings. The molecule has 4 rings (SSSR count). The Labute approximate surface area is 156 Å². The van der Waals surface area contributed by atoms with Crippen LogP contribution in [0.3, 0.4) is 0 Å². The number of rotatable bonds is 4. The molecule has 0 bridgehead atoms. The van der Waals surface area contributed by atoms with E-state index in [1.807, 2.05) is 0 Å². The van der Waals surface area contributed by atoms with E-state index in [9.17, 15) is 0 Å². The van der Waals surface area contributed by atoms with Gasteiger partial charge in [0.25, 0.3) is 0 Å².